The van der Waals surface area contributed by atoms with Crippen LogP contribution in [0.4, 0.5) is 5.13 Å². The average molecular weight is 467 g/mol. The van der Waals surface area contributed by atoms with Crippen LogP contribution in [0.1, 0.15) is 29.1 Å². The summed E-state index contributed by atoms with van der Waals surface area (Å²) in [4.78, 5) is 30.6. The molecule has 1 aromatic heterocycles. The van der Waals surface area contributed by atoms with Gasteiger partial charge in [-0.3, -0.25) is 9.59 Å². The number of morpholine rings is 1. The summed E-state index contributed by atoms with van der Waals surface area (Å²) in [5.74, 6) is -1.09. The average Bonchev–Trinajstić information content (AvgIpc) is 3.16. The first-order valence-corrected chi connectivity index (χ1v) is 12.2. The molecular weight excluding hydrogens is 440 g/mol. The summed E-state index contributed by atoms with van der Waals surface area (Å²) in [6.45, 7) is 6.72. The third-order valence-electron chi connectivity index (χ3n) is 4.79. The van der Waals surface area contributed by atoms with E-state index in [1.807, 2.05) is 20.8 Å². The summed E-state index contributed by atoms with van der Waals surface area (Å²) in [6.07, 6.45) is 1.66. The summed E-state index contributed by atoms with van der Waals surface area (Å²) in [5.41, 5.74) is 0.165. The molecule has 0 spiro atoms. The first kappa shape index (κ1) is 23.3. The highest BCUT2D eigenvalue weighted by molar-refractivity contribution is 7.89. The van der Waals surface area contributed by atoms with Gasteiger partial charge in [-0.05, 0) is 31.0 Å². The van der Waals surface area contributed by atoms with E-state index in [4.69, 9.17) is 4.74 Å². The molecule has 0 unspecified atom stereocenters. The summed E-state index contributed by atoms with van der Waals surface area (Å²) in [5, 5.41) is 5.89. The number of rotatable bonds is 7. The number of hydrogen-bond acceptors (Lipinski definition) is 7. The minimum atomic E-state index is -3.73. The summed E-state index contributed by atoms with van der Waals surface area (Å²) in [7, 11) is -3.73. The minimum absolute atomic E-state index is 0.0332. The summed E-state index contributed by atoms with van der Waals surface area (Å²) in [6, 6.07) is 5.02. The van der Waals surface area contributed by atoms with Crippen molar-refractivity contribution in [2.24, 2.45) is 5.92 Å². The van der Waals surface area contributed by atoms with Gasteiger partial charge in [-0.15, -0.1) is 11.3 Å². The van der Waals surface area contributed by atoms with E-state index in [1.54, 1.807) is 6.20 Å². The number of amides is 2. The standard InChI is InChI=1S/C20H26N4O5S2/c1-13(2)17(19(26)23-20-21-12-14(3)30-20)22-18(25)15-5-4-6-16(11-15)31(27,28)24-7-9-29-10-8-24/h4-6,11-13,17H,7-10H2,1-3H3,(H,22,25)(H,21,23,26)/t17-/m0/s1. The molecule has 168 valence electrons. The zero-order valence-corrected chi connectivity index (χ0v) is 19.3. The molecule has 0 bridgehead atoms. The van der Waals surface area contributed by atoms with Crippen molar-refractivity contribution in [2.45, 2.75) is 31.7 Å². The lowest BCUT2D eigenvalue weighted by molar-refractivity contribution is -0.118. The van der Waals surface area contributed by atoms with Gasteiger partial charge in [0.1, 0.15) is 6.04 Å². The Kier molecular flexibility index (Phi) is 7.42. The van der Waals surface area contributed by atoms with Crippen LogP contribution in [0.5, 0.6) is 0 Å². The van der Waals surface area contributed by atoms with Crippen molar-refractivity contribution in [3.05, 3.63) is 40.9 Å². The van der Waals surface area contributed by atoms with Crippen LogP contribution in [-0.2, 0) is 19.6 Å². The number of thiazole rings is 1. The Labute approximate surface area is 185 Å². The van der Waals surface area contributed by atoms with Gasteiger partial charge in [0.25, 0.3) is 5.91 Å². The van der Waals surface area contributed by atoms with Crippen LogP contribution in [0, 0.1) is 12.8 Å². The van der Waals surface area contributed by atoms with Gasteiger partial charge in [0.2, 0.25) is 15.9 Å². The van der Waals surface area contributed by atoms with Gasteiger partial charge in [0.15, 0.2) is 5.13 Å². The highest BCUT2D eigenvalue weighted by Crippen LogP contribution is 2.20. The Morgan fingerprint density at radius 2 is 1.94 bits per heavy atom. The fourth-order valence-electron chi connectivity index (χ4n) is 3.09. The van der Waals surface area contributed by atoms with Crippen LogP contribution in [0.15, 0.2) is 35.4 Å². The van der Waals surface area contributed by atoms with Crippen molar-refractivity contribution < 1.29 is 22.7 Å². The second kappa shape index (κ2) is 9.86. The van der Waals surface area contributed by atoms with Crippen molar-refractivity contribution in [3.63, 3.8) is 0 Å². The number of benzene rings is 1. The van der Waals surface area contributed by atoms with E-state index in [2.05, 4.69) is 15.6 Å². The lowest BCUT2D eigenvalue weighted by Gasteiger charge is -2.26. The van der Waals surface area contributed by atoms with Crippen LogP contribution in [0.2, 0.25) is 0 Å². The van der Waals surface area contributed by atoms with Gasteiger partial charge in [0.05, 0.1) is 18.1 Å². The van der Waals surface area contributed by atoms with E-state index >= 15 is 0 Å². The predicted molar refractivity (Wildman–Crippen MR) is 118 cm³/mol. The summed E-state index contributed by atoms with van der Waals surface area (Å²) >= 11 is 1.34. The number of hydrogen-bond donors (Lipinski definition) is 2. The van der Waals surface area contributed by atoms with E-state index < -0.39 is 22.0 Å². The lowest BCUT2D eigenvalue weighted by Crippen LogP contribution is -2.47. The number of carbonyl (C=O) groups excluding carboxylic acids is 2. The Bertz CT molecular complexity index is 1050. The smallest absolute Gasteiger partial charge is 0.251 e. The van der Waals surface area contributed by atoms with Gasteiger partial charge in [0, 0.05) is 29.7 Å². The first-order chi connectivity index (χ1) is 14.7. The second-order valence-electron chi connectivity index (χ2n) is 7.50. The van der Waals surface area contributed by atoms with Crippen LogP contribution < -0.4 is 10.6 Å². The molecule has 1 aliphatic heterocycles. The predicted octanol–water partition coefficient (Wildman–Crippen LogP) is 1.87. The molecule has 3 rings (SSSR count). The molecule has 2 N–H and O–H groups in total. The monoisotopic (exact) mass is 466 g/mol. The highest BCUT2D eigenvalue weighted by atomic mass is 32.2. The molecule has 0 saturated carbocycles. The lowest BCUT2D eigenvalue weighted by atomic mass is 10.0. The van der Waals surface area contributed by atoms with Gasteiger partial charge in [-0.1, -0.05) is 19.9 Å². The zero-order valence-electron chi connectivity index (χ0n) is 17.6. The van der Waals surface area contributed by atoms with Gasteiger partial charge < -0.3 is 15.4 Å². The number of anilines is 1. The quantitative estimate of drug-likeness (QED) is 0.643. The number of carbonyl (C=O) groups is 2. The molecule has 2 heterocycles. The van der Waals surface area contributed by atoms with E-state index in [9.17, 15) is 18.0 Å². The van der Waals surface area contributed by atoms with Gasteiger partial charge in [-0.25, -0.2) is 13.4 Å². The number of nitrogens with zero attached hydrogens (tertiary/aromatic N) is 2. The van der Waals surface area contributed by atoms with Crippen LogP contribution in [0.25, 0.3) is 0 Å². The number of sulfonamides is 1. The molecule has 0 radical (unpaired) electrons. The topological polar surface area (TPSA) is 118 Å². The fourth-order valence-corrected chi connectivity index (χ4v) is 5.21. The molecule has 1 saturated heterocycles. The maximum Gasteiger partial charge on any atom is 0.251 e. The van der Waals surface area contributed by atoms with Gasteiger partial charge >= 0.3 is 0 Å². The molecule has 11 heteroatoms. The molecule has 31 heavy (non-hydrogen) atoms. The Hall–Kier alpha value is -2.34. The molecule has 1 fully saturated rings. The van der Waals surface area contributed by atoms with Crippen molar-refractivity contribution in [2.75, 3.05) is 31.6 Å². The Morgan fingerprint density at radius 1 is 1.23 bits per heavy atom. The van der Waals surface area contributed by atoms with Crippen LogP contribution in [-0.4, -0.2) is 61.9 Å². The number of ether oxygens (including phenoxy) is 1. The minimum Gasteiger partial charge on any atom is -0.379 e. The molecular formula is C20H26N4O5S2. The molecule has 1 aromatic carbocycles. The normalized spacial score (nSPS) is 16.1. The highest BCUT2D eigenvalue weighted by Gasteiger charge is 2.28. The second-order valence-corrected chi connectivity index (χ2v) is 10.7. The summed E-state index contributed by atoms with van der Waals surface area (Å²) < 4.78 is 32.3. The fraction of sp³-hybridized carbons (Fsp3) is 0.450. The molecule has 9 nitrogen and oxygen atoms in total. The number of nitrogens with one attached hydrogen (secondary N) is 2. The van der Waals surface area contributed by atoms with E-state index in [0.29, 0.717) is 18.3 Å². The third-order valence-corrected chi connectivity index (χ3v) is 7.51. The van der Waals surface area contributed by atoms with Crippen LogP contribution in [0.3, 0.4) is 0 Å². The largest absolute Gasteiger partial charge is 0.379 e. The van der Waals surface area contributed by atoms with Crippen molar-refractivity contribution in [3.8, 4) is 0 Å². The van der Waals surface area contributed by atoms with E-state index in [-0.39, 0.29) is 35.4 Å². The molecule has 1 atom stereocenters. The number of aryl methyl sites for hydroxylation is 1. The van der Waals surface area contributed by atoms with Crippen molar-refractivity contribution in [1.29, 1.82) is 0 Å². The third kappa shape index (κ3) is 5.67. The van der Waals surface area contributed by atoms with Crippen LogP contribution >= 0.6 is 11.3 Å². The Balaban J connectivity index is 1.75. The molecule has 0 aliphatic carbocycles. The van der Waals surface area contributed by atoms with Crippen molar-refractivity contribution >= 4 is 38.3 Å². The Morgan fingerprint density at radius 3 is 2.55 bits per heavy atom. The number of aromatic nitrogens is 1. The van der Waals surface area contributed by atoms with E-state index in [1.165, 1.54) is 39.9 Å². The molecule has 2 amide bonds. The molecule has 1 aliphatic rings. The van der Waals surface area contributed by atoms with Gasteiger partial charge in [-0.2, -0.15) is 4.31 Å². The SMILES string of the molecule is Cc1cnc(NC(=O)[C@@H](NC(=O)c2cccc(S(=O)(=O)N3CCOCC3)c2)C(C)C)s1. The maximum absolute atomic E-state index is 12.9. The van der Waals surface area contributed by atoms with Crippen molar-refractivity contribution in [1.82, 2.24) is 14.6 Å². The zero-order chi connectivity index (χ0) is 22.6. The molecule has 2 aromatic rings. The first-order valence-electron chi connectivity index (χ1n) is 9.90. The van der Waals surface area contributed by atoms with E-state index in [0.717, 1.165) is 4.88 Å². The maximum atomic E-state index is 12.9.